The summed E-state index contributed by atoms with van der Waals surface area (Å²) < 4.78 is 0. The van der Waals surface area contributed by atoms with E-state index in [1.165, 1.54) is 16.5 Å². The van der Waals surface area contributed by atoms with Crippen LogP contribution in [0.1, 0.15) is 11.6 Å². The molecule has 1 aromatic rings. The molecule has 1 aromatic carbocycles. The Kier molecular flexibility index (Phi) is 3.30. The number of benzene rings is 1. The second-order valence-corrected chi connectivity index (χ2v) is 4.95. The zero-order valence-electron chi connectivity index (χ0n) is 8.80. The monoisotopic (exact) mass is 255 g/mol. The first-order valence-corrected chi connectivity index (χ1v) is 6.12. The average molecular weight is 256 g/mol. The summed E-state index contributed by atoms with van der Waals surface area (Å²) in [6.45, 7) is 2.16. The lowest BCUT2D eigenvalue weighted by molar-refractivity contribution is 0.464. The van der Waals surface area contributed by atoms with Gasteiger partial charge in [0, 0.05) is 24.5 Å². The lowest BCUT2D eigenvalue weighted by Crippen LogP contribution is -2.21. The predicted molar refractivity (Wildman–Crippen MR) is 72.3 cm³/mol. The van der Waals surface area contributed by atoms with Gasteiger partial charge in [0.25, 0.3) is 0 Å². The molecule has 3 rings (SSSR count). The summed E-state index contributed by atoms with van der Waals surface area (Å²) in [5.74, 6) is 1.18. The zero-order chi connectivity index (χ0) is 10.3. The fourth-order valence-electron chi connectivity index (χ4n) is 2.05. The second-order valence-electron chi connectivity index (χ2n) is 3.89. The van der Waals surface area contributed by atoms with E-state index in [1.54, 1.807) is 0 Å². The highest BCUT2D eigenvalue weighted by Crippen LogP contribution is 2.32. The van der Waals surface area contributed by atoms with Crippen molar-refractivity contribution in [2.45, 2.75) is 6.04 Å². The van der Waals surface area contributed by atoms with Crippen LogP contribution in [0, 0.1) is 0 Å². The van der Waals surface area contributed by atoms with Crippen LogP contribution in [0.2, 0.25) is 0 Å². The molecule has 16 heavy (non-hydrogen) atoms. The number of amidine groups is 1. The quantitative estimate of drug-likeness (QED) is 0.782. The molecule has 2 aliphatic heterocycles. The Bertz CT molecular complexity index is 421. The van der Waals surface area contributed by atoms with Crippen LogP contribution in [0.4, 0.5) is 5.69 Å². The van der Waals surface area contributed by atoms with Crippen molar-refractivity contribution in [3.63, 3.8) is 0 Å². The molecule has 1 fully saturated rings. The topological polar surface area (TPSA) is 41.6 Å². The Hall–Kier alpha value is -0.870. The predicted octanol–water partition coefficient (Wildman–Crippen LogP) is 2.15. The molecule has 0 saturated carbocycles. The number of halogens is 1. The van der Waals surface area contributed by atoms with E-state index in [2.05, 4.69) is 11.0 Å². The van der Waals surface area contributed by atoms with Gasteiger partial charge in [-0.25, -0.2) is 0 Å². The van der Waals surface area contributed by atoms with Gasteiger partial charge in [0.05, 0.1) is 6.04 Å². The Morgan fingerprint density at radius 1 is 1.44 bits per heavy atom. The molecule has 3 nitrogen and oxygen atoms in total. The van der Waals surface area contributed by atoms with Crippen LogP contribution in [-0.2, 0) is 0 Å². The molecule has 0 aliphatic carbocycles. The average Bonchev–Trinajstić information content (AvgIpc) is 2.76. The van der Waals surface area contributed by atoms with Gasteiger partial charge in [-0.1, -0.05) is 23.9 Å². The first-order chi connectivity index (χ1) is 7.33. The normalized spacial score (nSPS) is 22.6. The molecule has 1 saturated heterocycles. The van der Waals surface area contributed by atoms with E-state index in [0.717, 1.165) is 18.8 Å². The van der Waals surface area contributed by atoms with Gasteiger partial charge in [-0.3, -0.25) is 4.99 Å². The molecular formula is C11H14ClN3S. The van der Waals surface area contributed by atoms with E-state index in [-0.39, 0.29) is 18.4 Å². The van der Waals surface area contributed by atoms with Crippen LogP contribution in [0.15, 0.2) is 29.3 Å². The maximum atomic E-state index is 5.77. The van der Waals surface area contributed by atoms with Gasteiger partial charge in [-0.15, -0.1) is 12.4 Å². The summed E-state index contributed by atoms with van der Waals surface area (Å²) >= 11 is 1.86. The van der Waals surface area contributed by atoms with Gasteiger partial charge in [0.2, 0.25) is 0 Å². The molecule has 0 bridgehead atoms. The minimum atomic E-state index is 0. The van der Waals surface area contributed by atoms with E-state index in [0.29, 0.717) is 0 Å². The summed E-state index contributed by atoms with van der Waals surface area (Å²) in [5, 5.41) is 1.21. The van der Waals surface area contributed by atoms with Gasteiger partial charge < -0.3 is 10.6 Å². The molecule has 0 spiro atoms. The van der Waals surface area contributed by atoms with Crippen molar-refractivity contribution in [3.8, 4) is 0 Å². The van der Waals surface area contributed by atoms with Crippen LogP contribution in [-0.4, -0.2) is 28.9 Å². The van der Waals surface area contributed by atoms with Crippen molar-refractivity contribution in [2.24, 2.45) is 4.99 Å². The highest BCUT2D eigenvalue weighted by molar-refractivity contribution is 8.14. The maximum Gasteiger partial charge on any atom is 0.160 e. The van der Waals surface area contributed by atoms with E-state index in [9.17, 15) is 0 Å². The number of thioether (sulfide) groups is 1. The molecule has 2 aliphatic rings. The third-order valence-corrected chi connectivity index (χ3v) is 3.83. The molecule has 2 N–H and O–H groups in total. The lowest BCUT2D eigenvalue weighted by atomic mass is 10.1. The fraction of sp³-hybridized carbons (Fsp3) is 0.364. The van der Waals surface area contributed by atoms with Crippen molar-refractivity contribution in [1.29, 1.82) is 0 Å². The molecule has 5 heteroatoms. The van der Waals surface area contributed by atoms with Crippen molar-refractivity contribution in [2.75, 3.05) is 24.6 Å². The highest BCUT2D eigenvalue weighted by Gasteiger charge is 2.29. The third-order valence-electron chi connectivity index (χ3n) is 2.82. The standard InChI is InChI=1S/C11H13N3S.ClH/c12-9-3-1-2-8(6-9)10-7-14-4-5-15-11(14)13-10;/h1-3,6,10H,4-5,7,12H2;1H. The number of hydrogen-bond donors (Lipinski definition) is 1. The Morgan fingerprint density at radius 2 is 2.31 bits per heavy atom. The van der Waals surface area contributed by atoms with E-state index in [1.807, 2.05) is 30.0 Å². The molecular weight excluding hydrogens is 242 g/mol. The van der Waals surface area contributed by atoms with Gasteiger partial charge in [0.1, 0.15) is 0 Å². The first-order valence-electron chi connectivity index (χ1n) is 5.14. The summed E-state index contributed by atoms with van der Waals surface area (Å²) in [6, 6.07) is 8.35. The van der Waals surface area contributed by atoms with Crippen molar-refractivity contribution in [3.05, 3.63) is 29.8 Å². The summed E-state index contributed by atoms with van der Waals surface area (Å²) in [5.41, 5.74) is 7.83. The number of rotatable bonds is 1. The zero-order valence-corrected chi connectivity index (χ0v) is 10.4. The number of nitrogen functional groups attached to an aromatic ring is 1. The van der Waals surface area contributed by atoms with Crippen molar-refractivity contribution >= 4 is 35.0 Å². The SMILES string of the molecule is Cl.Nc1cccc(C2CN3CCSC3=N2)c1. The van der Waals surface area contributed by atoms with Crippen LogP contribution in [0.25, 0.3) is 0 Å². The molecule has 0 amide bonds. The van der Waals surface area contributed by atoms with Crippen LogP contribution in [0.5, 0.6) is 0 Å². The smallest absolute Gasteiger partial charge is 0.160 e. The molecule has 86 valence electrons. The Balaban J connectivity index is 0.000000963. The van der Waals surface area contributed by atoms with Gasteiger partial charge >= 0.3 is 0 Å². The van der Waals surface area contributed by atoms with Crippen LogP contribution >= 0.6 is 24.2 Å². The largest absolute Gasteiger partial charge is 0.399 e. The molecule has 0 radical (unpaired) electrons. The number of hydrogen-bond acceptors (Lipinski definition) is 4. The number of anilines is 1. The summed E-state index contributed by atoms with van der Waals surface area (Å²) in [4.78, 5) is 7.07. The second kappa shape index (κ2) is 4.55. The third kappa shape index (κ3) is 1.99. The summed E-state index contributed by atoms with van der Waals surface area (Å²) in [7, 11) is 0. The number of aliphatic imine (C=N–C) groups is 1. The molecule has 1 atom stereocenters. The Morgan fingerprint density at radius 3 is 3.06 bits per heavy atom. The molecule has 1 unspecified atom stereocenters. The maximum absolute atomic E-state index is 5.77. The van der Waals surface area contributed by atoms with Crippen molar-refractivity contribution in [1.82, 2.24) is 4.90 Å². The van der Waals surface area contributed by atoms with Gasteiger partial charge in [-0.05, 0) is 17.7 Å². The van der Waals surface area contributed by atoms with Gasteiger partial charge in [0.15, 0.2) is 5.17 Å². The van der Waals surface area contributed by atoms with Crippen LogP contribution in [0.3, 0.4) is 0 Å². The van der Waals surface area contributed by atoms with E-state index in [4.69, 9.17) is 10.7 Å². The van der Waals surface area contributed by atoms with Gasteiger partial charge in [-0.2, -0.15) is 0 Å². The van der Waals surface area contributed by atoms with Crippen molar-refractivity contribution < 1.29 is 0 Å². The number of nitrogens with zero attached hydrogens (tertiary/aromatic N) is 2. The minimum absolute atomic E-state index is 0. The molecule has 2 heterocycles. The van der Waals surface area contributed by atoms with E-state index >= 15 is 0 Å². The van der Waals surface area contributed by atoms with E-state index < -0.39 is 0 Å². The summed E-state index contributed by atoms with van der Waals surface area (Å²) in [6.07, 6.45) is 0. The Labute approximate surface area is 106 Å². The first kappa shape index (κ1) is 11.6. The molecule has 0 aromatic heterocycles. The van der Waals surface area contributed by atoms with Crippen LogP contribution < -0.4 is 5.73 Å². The lowest BCUT2D eigenvalue weighted by Gasteiger charge is -2.12. The number of fused-ring (bicyclic) bond motifs is 1. The fourth-order valence-corrected chi connectivity index (χ4v) is 3.10. The highest BCUT2D eigenvalue weighted by atomic mass is 35.5. The minimum Gasteiger partial charge on any atom is -0.399 e. The number of nitrogens with two attached hydrogens (primary N) is 1.